The van der Waals surface area contributed by atoms with Crippen LogP contribution in [-0.2, 0) is 0 Å². The molecule has 150 valence electrons. The van der Waals surface area contributed by atoms with E-state index < -0.39 is 5.91 Å². The topological polar surface area (TPSA) is 67.2 Å². The summed E-state index contributed by atoms with van der Waals surface area (Å²) in [6.45, 7) is 1.93. The molecule has 3 aromatic carbocycles. The van der Waals surface area contributed by atoms with E-state index in [9.17, 15) is 4.79 Å². The molecule has 0 saturated carbocycles. The number of rotatable bonds is 3. The number of carbonyl (C=O) groups excluding carboxylic acids is 1. The van der Waals surface area contributed by atoms with Crippen LogP contribution < -0.4 is 10.6 Å². The van der Waals surface area contributed by atoms with Crippen LogP contribution in [0.3, 0.4) is 0 Å². The minimum absolute atomic E-state index is 0.142. The SMILES string of the molecule is Cc1ccc(-c2nc3ccccc3o2)cc1NC(=S)NC(=O)c1ccc(Cl)cc1Cl. The Kier molecular flexibility index (Phi) is 5.72. The third kappa shape index (κ3) is 4.31. The van der Waals surface area contributed by atoms with Gasteiger partial charge in [-0.25, -0.2) is 4.98 Å². The van der Waals surface area contributed by atoms with Gasteiger partial charge in [0.1, 0.15) is 5.52 Å². The smallest absolute Gasteiger partial charge is 0.258 e. The molecule has 0 atom stereocenters. The molecular formula is C22H15Cl2N3O2S. The highest BCUT2D eigenvalue weighted by molar-refractivity contribution is 7.80. The lowest BCUT2D eigenvalue weighted by atomic mass is 10.1. The standard InChI is InChI=1S/C22H15Cl2N3O2S/c1-12-6-7-13(21-25-17-4-2-3-5-19(17)29-21)10-18(12)26-22(30)27-20(28)15-9-8-14(23)11-16(15)24/h2-11H,1H3,(H2,26,27,28,30). The maximum Gasteiger partial charge on any atom is 0.258 e. The second kappa shape index (κ2) is 8.44. The number of oxazole rings is 1. The number of nitrogens with one attached hydrogen (secondary N) is 2. The first-order chi connectivity index (χ1) is 14.4. The van der Waals surface area contributed by atoms with E-state index in [1.165, 1.54) is 6.07 Å². The molecule has 1 amide bonds. The van der Waals surface area contributed by atoms with Crippen LogP contribution in [0.25, 0.3) is 22.6 Å². The largest absolute Gasteiger partial charge is 0.436 e. The number of aromatic nitrogens is 1. The molecule has 0 aliphatic carbocycles. The van der Waals surface area contributed by atoms with Crippen molar-refractivity contribution in [3.63, 3.8) is 0 Å². The summed E-state index contributed by atoms with van der Waals surface area (Å²) in [6.07, 6.45) is 0. The summed E-state index contributed by atoms with van der Waals surface area (Å²) >= 11 is 17.3. The monoisotopic (exact) mass is 455 g/mol. The molecule has 1 heterocycles. The van der Waals surface area contributed by atoms with Gasteiger partial charge in [-0.05, 0) is 67.2 Å². The number of benzene rings is 3. The van der Waals surface area contributed by atoms with Gasteiger partial charge in [-0.3, -0.25) is 10.1 Å². The molecule has 8 heteroatoms. The zero-order valence-corrected chi connectivity index (χ0v) is 18.0. The van der Waals surface area contributed by atoms with Crippen molar-refractivity contribution in [2.45, 2.75) is 6.92 Å². The van der Waals surface area contributed by atoms with Crippen molar-refractivity contribution in [2.75, 3.05) is 5.32 Å². The van der Waals surface area contributed by atoms with Gasteiger partial charge in [-0.1, -0.05) is 41.4 Å². The van der Waals surface area contributed by atoms with E-state index in [1.54, 1.807) is 12.1 Å². The molecule has 0 unspecified atom stereocenters. The normalized spacial score (nSPS) is 10.8. The second-order valence-corrected chi connectivity index (χ2v) is 7.80. The lowest BCUT2D eigenvalue weighted by Gasteiger charge is -2.13. The lowest BCUT2D eigenvalue weighted by Crippen LogP contribution is -2.34. The summed E-state index contributed by atoms with van der Waals surface area (Å²) in [6, 6.07) is 17.9. The first-order valence-electron chi connectivity index (χ1n) is 8.95. The maximum absolute atomic E-state index is 12.5. The maximum atomic E-state index is 12.5. The molecule has 0 saturated heterocycles. The number of fused-ring (bicyclic) bond motifs is 1. The minimum Gasteiger partial charge on any atom is -0.436 e. The average molecular weight is 456 g/mol. The van der Waals surface area contributed by atoms with Crippen LogP contribution in [0.1, 0.15) is 15.9 Å². The molecule has 0 fully saturated rings. The molecule has 0 aliphatic rings. The lowest BCUT2D eigenvalue weighted by molar-refractivity contribution is 0.0978. The summed E-state index contributed by atoms with van der Waals surface area (Å²) in [5.41, 5.74) is 4.23. The van der Waals surface area contributed by atoms with Crippen LogP contribution in [-0.4, -0.2) is 16.0 Å². The van der Waals surface area contributed by atoms with E-state index >= 15 is 0 Å². The van der Waals surface area contributed by atoms with E-state index in [0.29, 0.717) is 16.5 Å². The number of thiocarbonyl (C=S) groups is 1. The molecular weight excluding hydrogens is 441 g/mol. The van der Waals surface area contributed by atoms with E-state index in [0.717, 1.165) is 22.3 Å². The Morgan fingerprint density at radius 1 is 1.07 bits per heavy atom. The molecule has 0 spiro atoms. The highest BCUT2D eigenvalue weighted by atomic mass is 35.5. The Morgan fingerprint density at radius 3 is 2.63 bits per heavy atom. The van der Waals surface area contributed by atoms with Crippen LogP contribution in [0.15, 0.2) is 65.1 Å². The van der Waals surface area contributed by atoms with E-state index in [2.05, 4.69) is 15.6 Å². The quantitative estimate of drug-likeness (QED) is 0.358. The van der Waals surface area contributed by atoms with Crippen LogP contribution in [0, 0.1) is 6.92 Å². The molecule has 0 bridgehead atoms. The fourth-order valence-corrected chi connectivity index (χ4v) is 3.58. The molecule has 4 rings (SSSR count). The second-order valence-electron chi connectivity index (χ2n) is 6.55. The summed E-state index contributed by atoms with van der Waals surface area (Å²) in [5, 5.41) is 6.51. The Hall–Kier alpha value is -2.93. The van der Waals surface area contributed by atoms with Crippen LogP contribution in [0.4, 0.5) is 5.69 Å². The molecule has 0 aliphatic heterocycles. The van der Waals surface area contributed by atoms with Crippen molar-refractivity contribution in [1.29, 1.82) is 0 Å². The van der Waals surface area contributed by atoms with Crippen molar-refractivity contribution in [3.05, 3.63) is 81.8 Å². The Morgan fingerprint density at radius 2 is 1.87 bits per heavy atom. The van der Waals surface area contributed by atoms with Crippen LogP contribution >= 0.6 is 35.4 Å². The van der Waals surface area contributed by atoms with Gasteiger partial charge in [0.15, 0.2) is 10.7 Å². The van der Waals surface area contributed by atoms with Gasteiger partial charge in [0, 0.05) is 16.3 Å². The highest BCUT2D eigenvalue weighted by Crippen LogP contribution is 2.28. The van der Waals surface area contributed by atoms with Crippen molar-refractivity contribution >= 4 is 63.2 Å². The number of hydrogen-bond acceptors (Lipinski definition) is 4. The van der Waals surface area contributed by atoms with Gasteiger partial charge < -0.3 is 9.73 Å². The fraction of sp³-hybridized carbons (Fsp3) is 0.0455. The Balaban J connectivity index is 1.53. The average Bonchev–Trinajstić information content (AvgIpc) is 3.13. The third-order valence-electron chi connectivity index (χ3n) is 4.43. The Labute approximate surface area is 188 Å². The predicted octanol–water partition coefficient (Wildman–Crippen LogP) is 6.24. The molecule has 2 N–H and O–H groups in total. The number of hydrogen-bond donors (Lipinski definition) is 2. The molecule has 0 radical (unpaired) electrons. The molecule has 1 aromatic heterocycles. The van der Waals surface area contributed by atoms with Crippen molar-refractivity contribution in [3.8, 4) is 11.5 Å². The summed E-state index contributed by atoms with van der Waals surface area (Å²) < 4.78 is 5.83. The number of para-hydroxylation sites is 2. The summed E-state index contributed by atoms with van der Waals surface area (Å²) in [5.74, 6) is 0.0732. The van der Waals surface area contributed by atoms with Gasteiger partial charge >= 0.3 is 0 Å². The first kappa shape index (κ1) is 20.3. The number of nitrogens with zero attached hydrogens (tertiary/aromatic N) is 1. The number of amides is 1. The number of aryl methyl sites for hydroxylation is 1. The molecule has 5 nitrogen and oxygen atoms in total. The van der Waals surface area contributed by atoms with E-state index in [4.69, 9.17) is 39.8 Å². The molecule has 4 aromatic rings. The van der Waals surface area contributed by atoms with Crippen LogP contribution in [0.2, 0.25) is 10.0 Å². The van der Waals surface area contributed by atoms with Gasteiger partial charge in [0.05, 0.1) is 10.6 Å². The van der Waals surface area contributed by atoms with Crippen molar-refractivity contribution in [1.82, 2.24) is 10.3 Å². The third-order valence-corrected chi connectivity index (χ3v) is 5.18. The van der Waals surface area contributed by atoms with Crippen molar-refractivity contribution < 1.29 is 9.21 Å². The van der Waals surface area contributed by atoms with E-state index in [-0.39, 0.29) is 15.7 Å². The number of carbonyl (C=O) groups is 1. The Bertz CT molecular complexity index is 1250. The van der Waals surface area contributed by atoms with Gasteiger partial charge in [-0.2, -0.15) is 0 Å². The number of halogens is 2. The summed E-state index contributed by atoms with van der Waals surface area (Å²) in [4.78, 5) is 17.0. The van der Waals surface area contributed by atoms with Crippen LogP contribution in [0.5, 0.6) is 0 Å². The fourth-order valence-electron chi connectivity index (χ4n) is 2.88. The number of anilines is 1. The minimum atomic E-state index is -0.429. The molecule has 30 heavy (non-hydrogen) atoms. The summed E-state index contributed by atoms with van der Waals surface area (Å²) in [7, 11) is 0. The first-order valence-corrected chi connectivity index (χ1v) is 10.1. The van der Waals surface area contributed by atoms with E-state index in [1.807, 2.05) is 49.4 Å². The van der Waals surface area contributed by atoms with Gasteiger partial charge in [0.25, 0.3) is 5.91 Å². The van der Waals surface area contributed by atoms with Gasteiger partial charge in [0.2, 0.25) is 5.89 Å². The highest BCUT2D eigenvalue weighted by Gasteiger charge is 2.14. The van der Waals surface area contributed by atoms with Crippen molar-refractivity contribution in [2.24, 2.45) is 0 Å². The zero-order valence-electron chi connectivity index (χ0n) is 15.7. The van der Waals surface area contributed by atoms with Gasteiger partial charge in [-0.15, -0.1) is 0 Å². The predicted molar refractivity (Wildman–Crippen MR) is 124 cm³/mol. The zero-order chi connectivity index (χ0) is 21.3.